The van der Waals surface area contributed by atoms with Crippen LogP contribution >= 0.6 is 11.6 Å². The average molecular weight is 260 g/mol. The predicted molar refractivity (Wildman–Crippen MR) is 70.0 cm³/mol. The zero-order valence-corrected chi connectivity index (χ0v) is 10.4. The molecule has 0 aliphatic rings. The lowest BCUT2D eigenvalue weighted by atomic mass is 10.1. The van der Waals surface area contributed by atoms with Crippen LogP contribution in [0.2, 0.25) is 5.15 Å². The van der Waals surface area contributed by atoms with Gasteiger partial charge in [-0.05, 0) is 12.1 Å². The molecule has 18 heavy (non-hydrogen) atoms. The Hall–Kier alpha value is -2.07. The molecule has 5 heteroatoms. The first-order valence-electron chi connectivity index (χ1n) is 5.41. The molecule has 3 rings (SSSR count). The molecule has 0 bridgehead atoms. The number of hydrogen-bond donors (Lipinski definition) is 0. The van der Waals surface area contributed by atoms with Crippen LogP contribution in [-0.4, -0.2) is 21.5 Å². The van der Waals surface area contributed by atoms with Gasteiger partial charge in [0.05, 0.1) is 12.8 Å². The van der Waals surface area contributed by atoms with E-state index in [1.54, 1.807) is 13.3 Å². The van der Waals surface area contributed by atoms with Crippen LogP contribution in [-0.2, 0) is 0 Å². The lowest BCUT2D eigenvalue weighted by Gasteiger charge is -2.00. The second-order valence-corrected chi connectivity index (χ2v) is 4.17. The van der Waals surface area contributed by atoms with Gasteiger partial charge in [-0.1, -0.05) is 23.7 Å². The molecule has 90 valence electrons. The molecule has 0 N–H and O–H groups in total. The first-order chi connectivity index (χ1) is 8.78. The maximum atomic E-state index is 6.00. The van der Waals surface area contributed by atoms with Gasteiger partial charge in [0.2, 0.25) is 0 Å². The number of halogens is 1. The fourth-order valence-corrected chi connectivity index (χ4v) is 2.01. The molecule has 2 heterocycles. The zero-order valence-electron chi connectivity index (χ0n) is 9.67. The summed E-state index contributed by atoms with van der Waals surface area (Å²) < 4.78 is 7.05. The first kappa shape index (κ1) is 11.0. The summed E-state index contributed by atoms with van der Waals surface area (Å²) >= 11 is 6.00. The minimum Gasteiger partial charge on any atom is -0.497 e. The van der Waals surface area contributed by atoms with Crippen molar-refractivity contribution in [2.75, 3.05) is 7.11 Å². The van der Waals surface area contributed by atoms with Crippen molar-refractivity contribution in [3.63, 3.8) is 0 Å². The number of methoxy groups -OCH3 is 1. The molecule has 1 aromatic carbocycles. The number of imidazole rings is 1. The Kier molecular flexibility index (Phi) is 2.64. The summed E-state index contributed by atoms with van der Waals surface area (Å²) in [6.07, 6.45) is 5.38. The van der Waals surface area contributed by atoms with Gasteiger partial charge in [-0.2, -0.15) is 0 Å². The van der Waals surface area contributed by atoms with E-state index in [4.69, 9.17) is 16.3 Å². The van der Waals surface area contributed by atoms with Gasteiger partial charge in [0.1, 0.15) is 5.75 Å². The van der Waals surface area contributed by atoms with Crippen LogP contribution in [0.25, 0.3) is 16.9 Å². The third-order valence-corrected chi connectivity index (χ3v) is 2.96. The number of aromatic nitrogens is 3. The van der Waals surface area contributed by atoms with Crippen molar-refractivity contribution in [2.45, 2.75) is 0 Å². The highest BCUT2D eigenvalue weighted by molar-refractivity contribution is 6.32. The van der Waals surface area contributed by atoms with E-state index in [2.05, 4.69) is 9.97 Å². The topological polar surface area (TPSA) is 39.4 Å². The quantitative estimate of drug-likeness (QED) is 0.710. The van der Waals surface area contributed by atoms with Gasteiger partial charge in [0.15, 0.2) is 10.8 Å². The minimum absolute atomic E-state index is 0.395. The lowest BCUT2D eigenvalue weighted by molar-refractivity contribution is 0.415. The molecule has 0 spiro atoms. The van der Waals surface area contributed by atoms with Crippen molar-refractivity contribution in [2.24, 2.45) is 0 Å². The largest absolute Gasteiger partial charge is 0.497 e. The molecule has 2 aromatic heterocycles. The van der Waals surface area contributed by atoms with Crippen molar-refractivity contribution in [1.82, 2.24) is 14.4 Å². The maximum absolute atomic E-state index is 6.00. The highest BCUT2D eigenvalue weighted by atomic mass is 35.5. The molecule has 0 unspecified atom stereocenters. The molecule has 4 nitrogen and oxygen atoms in total. The van der Waals surface area contributed by atoms with Gasteiger partial charge < -0.3 is 9.14 Å². The van der Waals surface area contributed by atoms with Gasteiger partial charge in [-0.15, -0.1) is 0 Å². The Balaban J connectivity index is 2.16. The summed E-state index contributed by atoms with van der Waals surface area (Å²) in [7, 11) is 1.64. The van der Waals surface area contributed by atoms with Crippen LogP contribution in [0.15, 0.2) is 42.9 Å². The van der Waals surface area contributed by atoms with Crippen molar-refractivity contribution in [1.29, 1.82) is 0 Å². The Morgan fingerprint density at radius 2 is 2.22 bits per heavy atom. The van der Waals surface area contributed by atoms with Crippen molar-refractivity contribution >= 4 is 17.2 Å². The Morgan fingerprint density at radius 1 is 1.33 bits per heavy atom. The Bertz CT molecular complexity index is 708. The van der Waals surface area contributed by atoms with E-state index in [0.29, 0.717) is 10.8 Å². The molecule has 0 amide bonds. The van der Waals surface area contributed by atoms with Gasteiger partial charge >= 0.3 is 0 Å². The molecular weight excluding hydrogens is 250 g/mol. The molecule has 3 aromatic rings. The number of fused-ring (bicyclic) bond motifs is 1. The molecule has 0 radical (unpaired) electrons. The lowest BCUT2D eigenvalue weighted by Crippen LogP contribution is -1.84. The summed E-state index contributed by atoms with van der Waals surface area (Å²) in [5, 5.41) is 0.395. The number of benzene rings is 1. The standard InChI is InChI=1S/C13H10ClN3O/c1-18-10-4-2-3-9(7-10)11-8-17-6-5-15-12(14)13(17)16-11/h2-8H,1H3. The normalized spacial score (nSPS) is 10.8. The van der Waals surface area contributed by atoms with E-state index in [1.807, 2.05) is 41.1 Å². The fraction of sp³-hybridized carbons (Fsp3) is 0.0769. The first-order valence-corrected chi connectivity index (χ1v) is 5.79. The van der Waals surface area contributed by atoms with Crippen LogP contribution in [0, 0.1) is 0 Å². The van der Waals surface area contributed by atoms with Gasteiger partial charge in [0, 0.05) is 24.2 Å². The Morgan fingerprint density at radius 3 is 3.00 bits per heavy atom. The summed E-state index contributed by atoms with van der Waals surface area (Å²) in [4.78, 5) is 8.48. The Labute approximate surface area is 109 Å². The summed E-state index contributed by atoms with van der Waals surface area (Å²) in [5.41, 5.74) is 2.47. The van der Waals surface area contributed by atoms with Gasteiger partial charge in [-0.3, -0.25) is 0 Å². The maximum Gasteiger partial charge on any atom is 0.175 e. The average Bonchev–Trinajstić information content (AvgIpc) is 2.84. The molecule has 0 saturated heterocycles. The van der Waals surface area contributed by atoms with Crippen molar-refractivity contribution in [3.8, 4) is 17.0 Å². The van der Waals surface area contributed by atoms with Crippen LogP contribution in [0.1, 0.15) is 0 Å². The number of ether oxygens (including phenoxy) is 1. The summed E-state index contributed by atoms with van der Waals surface area (Å²) in [5.74, 6) is 0.800. The van der Waals surface area contributed by atoms with Crippen LogP contribution in [0.5, 0.6) is 5.75 Å². The minimum atomic E-state index is 0.395. The van der Waals surface area contributed by atoms with Crippen LogP contribution in [0.4, 0.5) is 0 Å². The SMILES string of the molecule is COc1cccc(-c2cn3ccnc(Cl)c3n2)c1. The smallest absolute Gasteiger partial charge is 0.175 e. The number of hydrogen-bond acceptors (Lipinski definition) is 3. The number of nitrogens with zero attached hydrogens (tertiary/aromatic N) is 3. The fourth-order valence-electron chi connectivity index (χ4n) is 1.81. The van der Waals surface area contributed by atoms with E-state index >= 15 is 0 Å². The van der Waals surface area contributed by atoms with Crippen molar-refractivity contribution in [3.05, 3.63) is 48.0 Å². The van der Waals surface area contributed by atoms with Crippen LogP contribution < -0.4 is 4.74 Å². The van der Waals surface area contributed by atoms with E-state index in [0.717, 1.165) is 17.0 Å². The molecule has 0 saturated carbocycles. The second-order valence-electron chi connectivity index (χ2n) is 3.81. The summed E-state index contributed by atoms with van der Waals surface area (Å²) in [6, 6.07) is 7.74. The predicted octanol–water partition coefficient (Wildman–Crippen LogP) is 3.06. The van der Waals surface area contributed by atoms with E-state index < -0.39 is 0 Å². The van der Waals surface area contributed by atoms with Gasteiger partial charge in [0.25, 0.3) is 0 Å². The van der Waals surface area contributed by atoms with E-state index in [1.165, 1.54) is 0 Å². The molecular formula is C13H10ClN3O. The zero-order chi connectivity index (χ0) is 12.5. The van der Waals surface area contributed by atoms with Crippen molar-refractivity contribution < 1.29 is 4.74 Å². The highest BCUT2D eigenvalue weighted by Crippen LogP contribution is 2.24. The second kappa shape index (κ2) is 4.31. The van der Waals surface area contributed by atoms with E-state index in [9.17, 15) is 0 Å². The highest BCUT2D eigenvalue weighted by Gasteiger charge is 2.08. The third-order valence-electron chi connectivity index (χ3n) is 2.70. The monoisotopic (exact) mass is 259 g/mol. The molecule has 0 fully saturated rings. The third kappa shape index (κ3) is 1.80. The summed E-state index contributed by atoms with van der Waals surface area (Å²) in [6.45, 7) is 0. The van der Waals surface area contributed by atoms with Crippen LogP contribution in [0.3, 0.4) is 0 Å². The molecule has 0 atom stereocenters. The molecule has 0 aliphatic carbocycles. The number of rotatable bonds is 2. The molecule has 0 aliphatic heterocycles. The van der Waals surface area contributed by atoms with Gasteiger partial charge in [-0.25, -0.2) is 9.97 Å². The van der Waals surface area contributed by atoms with E-state index in [-0.39, 0.29) is 0 Å².